The predicted molar refractivity (Wildman–Crippen MR) is 95.4 cm³/mol. The number of thiocarbonyl (C=S) groups is 1. The first-order valence-corrected chi connectivity index (χ1v) is 8.45. The maximum atomic E-state index is 9.08. The van der Waals surface area contributed by atoms with E-state index >= 15 is 0 Å². The lowest BCUT2D eigenvalue weighted by Crippen LogP contribution is -2.35. The van der Waals surface area contributed by atoms with Crippen molar-refractivity contribution < 1.29 is 0 Å². The lowest BCUT2D eigenvalue weighted by Gasteiger charge is -2.33. The molecule has 2 aliphatic rings. The molecule has 1 fully saturated rings. The number of nitrogens with zero attached hydrogens (tertiary/aromatic N) is 2. The molecule has 0 radical (unpaired) electrons. The highest BCUT2D eigenvalue weighted by Gasteiger charge is 2.44. The quantitative estimate of drug-likeness (QED) is 0.782. The summed E-state index contributed by atoms with van der Waals surface area (Å²) in [5.41, 5.74) is 5.15. The second-order valence-electron chi connectivity index (χ2n) is 6.43. The van der Waals surface area contributed by atoms with E-state index in [1.54, 1.807) is 6.20 Å². The maximum absolute atomic E-state index is 9.08. The van der Waals surface area contributed by atoms with E-state index in [0.29, 0.717) is 5.56 Å². The Balaban J connectivity index is 1.82. The Bertz CT molecular complexity index is 829. The van der Waals surface area contributed by atoms with Crippen molar-refractivity contribution in [2.45, 2.75) is 37.5 Å². The third-order valence-corrected chi connectivity index (χ3v) is 5.62. The van der Waals surface area contributed by atoms with Gasteiger partial charge >= 0.3 is 0 Å². The van der Waals surface area contributed by atoms with E-state index in [-0.39, 0.29) is 5.41 Å². The van der Waals surface area contributed by atoms with E-state index in [4.69, 9.17) is 17.5 Å². The summed E-state index contributed by atoms with van der Waals surface area (Å²) in [4.78, 5) is 5.16. The molecule has 3 nitrogen and oxygen atoms in total. The fraction of sp³-hybridized carbons (Fsp3) is 0.316. The van der Waals surface area contributed by atoms with Gasteiger partial charge in [0.05, 0.1) is 10.6 Å². The summed E-state index contributed by atoms with van der Waals surface area (Å²) in [5, 5.41) is 12.5. The molecule has 1 N–H and O–H groups in total. The topological polar surface area (TPSA) is 48.7 Å². The smallest absolute Gasteiger partial charge is 0.101 e. The number of rotatable bonds is 1. The van der Waals surface area contributed by atoms with E-state index < -0.39 is 0 Å². The number of aromatic nitrogens is 1. The molecule has 2 heterocycles. The summed E-state index contributed by atoms with van der Waals surface area (Å²) < 4.78 is 0. The van der Waals surface area contributed by atoms with Gasteiger partial charge in [0.2, 0.25) is 0 Å². The standard InChI is InChI=1S/C19H17N3S/c20-10-13-8-15(12-21-11-13)14-4-5-17-16(9-14)19(18(23)22-17)6-2-1-3-7-19/h4-5,8-9,11-12H,1-3,6-7H2,(H,22,23). The van der Waals surface area contributed by atoms with Crippen molar-refractivity contribution in [3.8, 4) is 17.2 Å². The highest BCUT2D eigenvalue weighted by atomic mass is 32.1. The van der Waals surface area contributed by atoms with E-state index in [2.05, 4.69) is 34.6 Å². The minimum atomic E-state index is 0.0131. The highest BCUT2D eigenvalue weighted by Crippen LogP contribution is 2.49. The van der Waals surface area contributed by atoms with Gasteiger partial charge in [0.25, 0.3) is 0 Å². The van der Waals surface area contributed by atoms with Crippen molar-refractivity contribution in [3.05, 3.63) is 47.8 Å². The molecule has 0 unspecified atom stereocenters. The van der Waals surface area contributed by atoms with Gasteiger partial charge in [-0.2, -0.15) is 5.26 Å². The van der Waals surface area contributed by atoms with Crippen LogP contribution in [0.25, 0.3) is 11.1 Å². The van der Waals surface area contributed by atoms with Crippen LogP contribution in [0, 0.1) is 11.3 Å². The van der Waals surface area contributed by atoms with Crippen molar-refractivity contribution in [1.82, 2.24) is 4.98 Å². The molecule has 114 valence electrons. The Hall–Kier alpha value is -2.25. The lowest BCUT2D eigenvalue weighted by atomic mass is 9.70. The number of hydrogen-bond acceptors (Lipinski definition) is 3. The van der Waals surface area contributed by atoms with Crippen molar-refractivity contribution in [2.75, 3.05) is 5.32 Å². The van der Waals surface area contributed by atoms with Gasteiger partial charge in [-0.05, 0) is 42.2 Å². The number of hydrogen-bond donors (Lipinski definition) is 1. The normalized spacial score (nSPS) is 18.3. The molecule has 4 rings (SSSR count). The molecule has 4 heteroatoms. The van der Waals surface area contributed by atoms with Crippen LogP contribution in [-0.2, 0) is 5.41 Å². The van der Waals surface area contributed by atoms with Gasteiger partial charge in [-0.25, -0.2) is 0 Å². The molecule has 1 aliphatic carbocycles. The molecule has 1 aromatic carbocycles. The molecule has 1 aromatic heterocycles. The first-order chi connectivity index (χ1) is 11.2. The molecule has 1 spiro atoms. The van der Waals surface area contributed by atoms with Crippen LogP contribution in [0.2, 0.25) is 0 Å². The van der Waals surface area contributed by atoms with Crippen LogP contribution in [0.1, 0.15) is 43.2 Å². The van der Waals surface area contributed by atoms with Crippen LogP contribution in [0.3, 0.4) is 0 Å². The molecule has 0 amide bonds. The average Bonchev–Trinajstić information content (AvgIpc) is 2.87. The highest BCUT2D eigenvalue weighted by molar-refractivity contribution is 7.80. The first-order valence-electron chi connectivity index (χ1n) is 8.04. The van der Waals surface area contributed by atoms with Gasteiger partial charge in [0.1, 0.15) is 6.07 Å². The summed E-state index contributed by atoms with van der Waals surface area (Å²) in [6, 6.07) is 10.5. The molecule has 23 heavy (non-hydrogen) atoms. The van der Waals surface area contributed by atoms with Crippen LogP contribution in [0.5, 0.6) is 0 Å². The average molecular weight is 319 g/mol. The number of nitriles is 1. The summed E-state index contributed by atoms with van der Waals surface area (Å²) in [5.74, 6) is 0. The number of anilines is 1. The van der Waals surface area contributed by atoms with Gasteiger partial charge in [0.15, 0.2) is 0 Å². The molecule has 0 atom stereocenters. The van der Waals surface area contributed by atoms with Gasteiger partial charge in [-0.3, -0.25) is 4.98 Å². The minimum Gasteiger partial charge on any atom is -0.349 e. The molecular formula is C19H17N3S. The van der Waals surface area contributed by atoms with Crippen LogP contribution >= 0.6 is 12.2 Å². The lowest BCUT2D eigenvalue weighted by molar-refractivity contribution is 0.389. The zero-order valence-corrected chi connectivity index (χ0v) is 13.6. The molecule has 0 bridgehead atoms. The van der Waals surface area contributed by atoms with Gasteiger partial charge in [-0.15, -0.1) is 0 Å². The Labute approximate surface area is 141 Å². The summed E-state index contributed by atoms with van der Waals surface area (Å²) >= 11 is 5.69. The molecule has 2 aromatic rings. The zero-order valence-electron chi connectivity index (χ0n) is 12.8. The number of pyridine rings is 1. The van der Waals surface area contributed by atoms with E-state index in [1.165, 1.54) is 24.8 Å². The number of fused-ring (bicyclic) bond motifs is 2. The predicted octanol–water partition coefficient (Wildman–Crippen LogP) is 4.58. The number of benzene rings is 1. The van der Waals surface area contributed by atoms with Gasteiger partial charge in [0, 0.05) is 29.1 Å². The first kappa shape index (κ1) is 14.3. The second kappa shape index (κ2) is 5.43. The fourth-order valence-corrected chi connectivity index (χ4v) is 4.33. The molecule has 1 saturated carbocycles. The summed E-state index contributed by atoms with van der Waals surface area (Å²) in [6.45, 7) is 0. The van der Waals surface area contributed by atoms with Crippen molar-refractivity contribution in [1.29, 1.82) is 5.26 Å². The van der Waals surface area contributed by atoms with Crippen LogP contribution in [0.15, 0.2) is 36.7 Å². The van der Waals surface area contributed by atoms with Crippen molar-refractivity contribution >= 4 is 22.9 Å². The number of nitrogens with one attached hydrogen (secondary N) is 1. The Morgan fingerprint density at radius 1 is 1.09 bits per heavy atom. The molecular weight excluding hydrogens is 302 g/mol. The Morgan fingerprint density at radius 2 is 1.91 bits per heavy atom. The van der Waals surface area contributed by atoms with E-state index in [0.717, 1.165) is 34.6 Å². The zero-order chi connectivity index (χ0) is 15.9. The third kappa shape index (κ3) is 2.24. The van der Waals surface area contributed by atoms with E-state index in [1.807, 2.05) is 12.3 Å². The van der Waals surface area contributed by atoms with Crippen molar-refractivity contribution in [3.63, 3.8) is 0 Å². The summed E-state index contributed by atoms with van der Waals surface area (Å²) in [7, 11) is 0. The summed E-state index contributed by atoms with van der Waals surface area (Å²) in [6.07, 6.45) is 9.44. The Kier molecular flexibility index (Phi) is 3.39. The molecule has 0 saturated heterocycles. The van der Waals surface area contributed by atoms with Crippen LogP contribution in [0.4, 0.5) is 5.69 Å². The van der Waals surface area contributed by atoms with E-state index in [9.17, 15) is 0 Å². The van der Waals surface area contributed by atoms with Gasteiger partial charge < -0.3 is 5.32 Å². The SMILES string of the molecule is N#Cc1cncc(-c2ccc3c(c2)C2(CCCCC2)C(=S)N3)c1. The van der Waals surface area contributed by atoms with Gasteiger partial charge in [-0.1, -0.05) is 37.5 Å². The maximum Gasteiger partial charge on any atom is 0.101 e. The fourth-order valence-electron chi connectivity index (χ4n) is 3.90. The largest absolute Gasteiger partial charge is 0.349 e. The monoisotopic (exact) mass is 319 g/mol. The Morgan fingerprint density at radius 3 is 2.70 bits per heavy atom. The second-order valence-corrected chi connectivity index (χ2v) is 6.84. The minimum absolute atomic E-state index is 0.0131. The van der Waals surface area contributed by atoms with Crippen LogP contribution in [-0.4, -0.2) is 9.97 Å². The third-order valence-electron chi connectivity index (χ3n) is 5.13. The molecule has 1 aliphatic heterocycles. The van der Waals surface area contributed by atoms with Crippen molar-refractivity contribution in [2.24, 2.45) is 0 Å². The van der Waals surface area contributed by atoms with Crippen LogP contribution < -0.4 is 5.32 Å².